The number of carbonyl (C=O) groups excluding carboxylic acids is 1. The smallest absolute Gasteiger partial charge is 0.305 e. The van der Waals surface area contributed by atoms with Crippen molar-refractivity contribution in [2.75, 3.05) is 7.11 Å². The molecule has 0 aliphatic carbocycles. The summed E-state index contributed by atoms with van der Waals surface area (Å²) in [6.45, 7) is 0. The van der Waals surface area contributed by atoms with Gasteiger partial charge in [-0.1, -0.05) is 17.8 Å². The Balaban J connectivity index is 2.10. The molecular weight excluding hydrogens is 421 g/mol. The Morgan fingerprint density at radius 1 is 1.59 bits per heavy atom. The Bertz CT molecular complexity index is 663. The number of benzene rings is 1. The molecule has 2 rings (SSSR count). The first kappa shape index (κ1) is 16.7. The molecule has 1 saturated heterocycles. The van der Waals surface area contributed by atoms with Crippen molar-refractivity contribution in [3.8, 4) is 5.75 Å². The summed E-state index contributed by atoms with van der Waals surface area (Å²) in [4.78, 5) is 22.2. The average molecular weight is 433 g/mol. The van der Waals surface area contributed by atoms with Gasteiger partial charge in [0.15, 0.2) is 5.17 Å². The summed E-state index contributed by atoms with van der Waals surface area (Å²) >= 11 is 3.22. The zero-order valence-electron chi connectivity index (χ0n) is 11.4. The second-order valence-electron chi connectivity index (χ2n) is 4.20. The first-order chi connectivity index (χ1) is 10.5. The zero-order valence-corrected chi connectivity index (χ0v) is 14.4. The van der Waals surface area contributed by atoms with Crippen molar-refractivity contribution >= 4 is 57.6 Å². The van der Waals surface area contributed by atoms with E-state index in [2.05, 4.69) is 38.1 Å². The fraction of sp³-hybridized carbons (Fsp3) is 0.231. The van der Waals surface area contributed by atoms with E-state index < -0.39 is 11.2 Å². The van der Waals surface area contributed by atoms with Crippen molar-refractivity contribution in [2.24, 2.45) is 10.2 Å². The van der Waals surface area contributed by atoms with Crippen molar-refractivity contribution in [2.45, 2.75) is 11.7 Å². The number of hydrogen-bond donors (Lipinski definition) is 2. The van der Waals surface area contributed by atoms with E-state index in [1.807, 2.05) is 18.2 Å². The highest BCUT2D eigenvalue weighted by atomic mass is 127. The zero-order chi connectivity index (χ0) is 16.1. The largest absolute Gasteiger partial charge is 0.496 e. The van der Waals surface area contributed by atoms with Gasteiger partial charge in [-0.25, -0.2) is 0 Å². The summed E-state index contributed by atoms with van der Waals surface area (Å²) < 4.78 is 6.19. The van der Waals surface area contributed by atoms with Crippen LogP contribution < -0.4 is 10.1 Å². The molecule has 1 aromatic rings. The van der Waals surface area contributed by atoms with Gasteiger partial charge in [-0.3, -0.25) is 9.59 Å². The van der Waals surface area contributed by atoms with Gasteiger partial charge in [0.25, 0.3) is 0 Å². The molecule has 0 bridgehead atoms. The number of nitrogens with zero attached hydrogens (tertiary/aromatic N) is 2. The second-order valence-corrected chi connectivity index (χ2v) is 6.55. The van der Waals surface area contributed by atoms with E-state index in [-0.39, 0.29) is 17.5 Å². The van der Waals surface area contributed by atoms with Gasteiger partial charge >= 0.3 is 5.97 Å². The summed E-state index contributed by atoms with van der Waals surface area (Å²) in [6.07, 6.45) is 1.29. The number of ether oxygens (including phenoxy) is 1. The van der Waals surface area contributed by atoms with E-state index in [1.54, 1.807) is 7.11 Å². The third-order valence-electron chi connectivity index (χ3n) is 2.70. The summed E-state index contributed by atoms with van der Waals surface area (Å²) in [6, 6.07) is 5.59. The van der Waals surface area contributed by atoms with Gasteiger partial charge in [0, 0.05) is 3.57 Å². The molecule has 1 fully saturated rings. The Kier molecular flexibility index (Phi) is 5.77. The molecule has 0 radical (unpaired) electrons. The van der Waals surface area contributed by atoms with Crippen molar-refractivity contribution in [1.82, 2.24) is 5.32 Å². The molecule has 22 heavy (non-hydrogen) atoms. The second kappa shape index (κ2) is 7.58. The lowest BCUT2D eigenvalue weighted by Crippen LogP contribution is -2.26. The fourth-order valence-corrected chi connectivity index (χ4v) is 3.23. The van der Waals surface area contributed by atoms with Crippen LogP contribution in [0.5, 0.6) is 5.75 Å². The van der Waals surface area contributed by atoms with Crippen LogP contribution in [0.25, 0.3) is 0 Å². The molecule has 0 saturated carbocycles. The Hall–Kier alpha value is -1.62. The summed E-state index contributed by atoms with van der Waals surface area (Å²) in [5.74, 6) is -0.725. The van der Waals surface area contributed by atoms with E-state index in [4.69, 9.17) is 9.84 Å². The SMILES string of the molecule is COc1cccc(I)c1C=NN=C1NC(=O)C(CC(=O)O)S1. The number of carboxylic acid groups (broad SMARTS) is 1. The molecule has 1 aliphatic rings. The first-order valence-electron chi connectivity index (χ1n) is 6.14. The third kappa shape index (κ3) is 4.19. The van der Waals surface area contributed by atoms with Crippen LogP contribution >= 0.6 is 34.4 Å². The number of amidine groups is 1. The molecule has 0 spiro atoms. The molecule has 1 aromatic carbocycles. The predicted molar refractivity (Wildman–Crippen MR) is 92.5 cm³/mol. The molecule has 1 unspecified atom stereocenters. The van der Waals surface area contributed by atoms with Crippen LogP contribution in [0.4, 0.5) is 0 Å². The van der Waals surface area contributed by atoms with Crippen molar-refractivity contribution in [1.29, 1.82) is 0 Å². The van der Waals surface area contributed by atoms with E-state index in [1.165, 1.54) is 6.21 Å². The van der Waals surface area contributed by atoms with Crippen LogP contribution in [0.15, 0.2) is 28.4 Å². The highest BCUT2D eigenvalue weighted by Gasteiger charge is 2.32. The monoisotopic (exact) mass is 433 g/mol. The molecule has 116 valence electrons. The number of carboxylic acids is 1. The van der Waals surface area contributed by atoms with Crippen molar-refractivity contribution < 1.29 is 19.4 Å². The van der Waals surface area contributed by atoms with Crippen LogP contribution in [0.3, 0.4) is 0 Å². The Labute approximate surface area is 144 Å². The number of methoxy groups -OCH3 is 1. The number of amides is 1. The minimum Gasteiger partial charge on any atom is -0.496 e. The lowest BCUT2D eigenvalue weighted by atomic mass is 10.2. The van der Waals surface area contributed by atoms with Crippen LogP contribution in [-0.4, -0.2) is 40.7 Å². The summed E-state index contributed by atoms with van der Waals surface area (Å²) in [5.41, 5.74) is 0.784. The lowest BCUT2D eigenvalue weighted by molar-refractivity contribution is -0.138. The summed E-state index contributed by atoms with van der Waals surface area (Å²) in [5, 5.41) is 18.7. The van der Waals surface area contributed by atoms with Crippen LogP contribution in [0, 0.1) is 3.57 Å². The quantitative estimate of drug-likeness (QED) is 0.418. The maximum Gasteiger partial charge on any atom is 0.305 e. The molecule has 9 heteroatoms. The van der Waals surface area contributed by atoms with Gasteiger partial charge in [0.05, 0.1) is 25.3 Å². The van der Waals surface area contributed by atoms with Crippen molar-refractivity contribution in [3.05, 3.63) is 27.3 Å². The standard InChI is InChI=1S/C13H12IN3O4S/c1-21-9-4-2-3-8(14)7(9)6-15-17-13-16-12(20)10(22-13)5-11(18)19/h2-4,6,10H,5H2,1H3,(H,18,19)(H,16,17,20). The minimum absolute atomic E-state index is 0.246. The van der Waals surface area contributed by atoms with Crippen LogP contribution in [0.2, 0.25) is 0 Å². The normalized spacial score (nSPS) is 19.6. The topological polar surface area (TPSA) is 100 Å². The number of hydrogen-bond acceptors (Lipinski definition) is 6. The molecular formula is C13H12IN3O4S. The number of nitrogens with one attached hydrogen (secondary N) is 1. The van der Waals surface area contributed by atoms with E-state index in [9.17, 15) is 9.59 Å². The van der Waals surface area contributed by atoms with Gasteiger partial charge in [0.1, 0.15) is 11.0 Å². The molecule has 1 amide bonds. The number of carbonyl (C=O) groups is 2. The highest BCUT2D eigenvalue weighted by Crippen LogP contribution is 2.23. The molecule has 1 heterocycles. The maximum absolute atomic E-state index is 11.6. The van der Waals surface area contributed by atoms with Crippen LogP contribution in [0.1, 0.15) is 12.0 Å². The third-order valence-corrected chi connectivity index (χ3v) is 4.72. The van der Waals surface area contributed by atoms with Gasteiger partial charge in [-0.05, 0) is 34.7 Å². The van der Waals surface area contributed by atoms with E-state index >= 15 is 0 Å². The summed E-state index contributed by atoms with van der Waals surface area (Å²) in [7, 11) is 1.57. The minimum atomic E-state index is -1.03. The number of aliphatic carboxylic acids is 1. The number of rotatable bonds is 5. The van der Waals surface area contributed by atoms with Gasteiger partial charge in [-0.2, -0.15) is 5.10 Å². The van der Waals surface area contributed by atoms with Crippen molar-refractivity contribution in [3.63, 3.8) is 0 Å². The predicted octanol–water partition coefficient (Wildman–Crippen LogP) is 1.70. The Morgan fingerprint density at radius 2 is 2.36 bits per heavy atom. The fourth-order valence-electron chi connectivity index (χ4n) is 1.70. The van der Waals surface area contributed by atoms with E-state index in [0.29, 0.717) is 5.75 Å². The average Bonchev–Trinajstić information content (AvgIpc) is 2.80. The van der Waals surface area contributed by atoms with Crippen LogP contribution in [-0.2, 0) is 9.59 Å². The molecule has 2 N–H and O–H groups in total. The highest BCUT2D eigenvalue weighted by molar-refractivity contribution is 14.1. The van der Waals surface area contributed by atoms with Gasteiger partial charge in [-0.15, -0.1) is 5.10 Å². The number of thioether (sulfide) groups is 1. The molecule has 7 nitrogen and oxygen atoms in total. The first-order valence-corrected chi connectivity index (χ1v) is 8.10. The van der Waals surface area contributed by atoms with Gasteiger partial charge in [0.2, 0.25) is 5.91 Å². The van der Waals surface area contributed by atoms with Gasteiger partial charge < -0.3 is 15.2 Å². The number of halogens is 1. The molecule has 1 aliphatic heterocycles. The maximum atomic E-state index is 11.6. The Morgan fingerprint density at radius 3 is 3.05 bits per heavy atom. The van der Waals surface area contributed by atoms with E-state index in [0.717, 1.165) is 20.9 Å². The molecule has 1 atom stereocenters. The molecule has 0 aromatic heterocycles. The lowest BCUT2D eigenvalue weighted by Gasteiger charge is -2.04.